The second-order valence-electron chi connectivity index (χ2n) is 4.82. The fourth-order valence-electron chi connectivity index (χ4n) is 1.80. The topological polar surface area (TPSA) is 37.8 Å². The molecular weight excluding hydrogens is 278 g/mol. The molecule has 19 heavy (non-hydrogen) atoms. The highest BCUT2D eigenvalue weighted by molar-refractivity contribution is 7.14. The van der Waals surface area contributed by atoms with Gasteiger partial charge in [0.2, 0.25) is 0 Å². The highest BCUT2D eigenvalue weighted by Crippen LogP contribution is 2.28. The van der Waals surface area contributed by atoms with Crippen LogP contribution in [-0.4, -0.2) is 22.8 Å². The van der Waals surface area contributed by atoms with Crippen molar-refractivity contribution >= 4 is 22.9 Å². The van der Waals surface area contributed by atoms with Gasteiger partial charge in [0, 0.05) is 29.6 Å². The zero-order valence-corrected chi connectivity index (χ0v) is 13.0. The SMILES string of the molecule is Cc1cc(Cl)ccc1-c1nnc(CCNC(C)C)s1. The normalized spacial score (nSPS) is 11.2. The average molecular weight is 296 g/mol. The van der Waals surface area contributed by atoms with Gasteiger partial charge in [-0.05, 0) is 24.6 Å². The summed E-state index contributed by atoms with van der Waals surface area (Å²) in [4.78, 5) is 0. The van der Waals surface area contributed by atoms with Gasteiger partial charge in [-0.3, -0.25) is 0 Å². The minimum atomic E-state index is 0.505. The molecule has 0 fully saturated rings. The maximum absolute atomic E-state index is 5.97. The summed E-state index contributed by atoms with van der Waals surface area (Å²) < 4.78 is 0. The molecule has 0 radical (unpaired) electrons. The number of hydrogen-bond donors (Lipinski definition) is 1. The molecule has 0 aliphatic carbocycles. The molecule has 0 atom stereocenters. The van der Waals surface area contributed by atoms with Crippen LogP contribution in [0.5, 0.6) is 0 Å². The molecule has 1 heterocycles. The first kappa shape index (κ1) is 14.4. The molecule has 0 unspecified atom stereocenters. The summed E-state index contributed by atoms with van der Waals surface area (Å²) in [6.07, 6.45) is 0.919. The number of benzene rings is 1. The Morgan fingerprint density at radius 3 is 2.79 bits per heavy atom. The molecule has 1 aromatic heterocycles. The lowest BCUT2D eigenvalue weighted by Crippen LogP contribution is -2.24. The Morgan fingerprint density at radius 2 is 2.11 bits per heavy atom. The van der Waals surface area contributed by atoms with Crippen molar-refractivity contribution in [2.24, 2.45) is 0 Å². The van der Waals surface area contributed by atoms with Gasteiger partial charge < -0.3 is 5.32 Å². The van der Waals surface area contributed by atoms with Gasteiger partial charge in [-0.15, -0.1) is 10.2 Å². The number of nitrogens with zero attached hydrogens (tertiary/aromatic N) is 2. The van der Waals surface area contributed by atoms with E-state index in [0.29, 0.717) is 6.04 Å². The van der Waals surface area contributed by atoms with Crippen LogP contribution in [0, 0.1) is 6.92 Å². The summed E-state index contributed by atoms with van der Waals surface area (Å²) in [6, 6.07) is 6.36. The van der Waals surface area contributed by atoms with E-state index in [4.69, 9.17) is 11.6 Å². The van der Waals surface area contributed by atoms with Gasteiger partial charge in [-0.1, -0.05) is 42.9 Å². The molecule has 0 bridgehead atoms. The van der Waals surface area contributed by atoms with E-state index in [1.54, 1.807) is 11.3 Å². The van der Waals surface area contributed by atoms with E-state index in [2.05, 4.69) is 29.4 Å². The summed E-state index contributed by atoms with van der Waals surface area (Å²) in [5.41, 5.74) is 2.25. The zero-order chi connectivity index (χ0) is 13.8. The molecule has 0 saturated carbocycles. The number of aryl methyl sites for hydroxylation is 1. The predicted molar refractivity (Wildman–Crippen MR) is 81.9 cm³/mol. The predicted octanol–water partition coefficient (Wildman–Crippen LogP) is 3.71. The third-order valence-electron chi connectivity index (χ3n) is 2.78. The molecule has 2 aromatic rings. The lowest BCUT2D eigenvalue weighted by Gasteiger charge is -2.05. The lowest BCUT2D eigenvalue weighted by atomic mass is 10.1. The quantitative estimate of drug-likeness (QED) is 0.914. The lowest BCUT2D eigenvalue weighted by molar-refractivity contribution is 0.588. The van der Waals surface area contributed by atoms with Gasteiger partial charge >= 0.3 is 0 Å². The Balaban J connectivity index is 2.08. The molecule has 1 aromatic carbocycles. The molecule has 0 amide bonds. The molecule has 0 spiro atoms. The van der Waals surface area contributed by atoms with Crippen molar-refractivity contribution in [2.75, 3.05) is 6.54 Å². The van der Waals surface area contributed by atoms with Crippen LogP contribution in [0.3, 0.4) is 0 Å². The molecule has 0 aliphatic heterocycles. The first-order valence-electron chi connectivity index (χ1n) is 6.38. The highest BCUT2D eigenvalue weighted by Gasteiger charge is 2.09. The van der Waals surface area contributed by atoms with Gasteiger partial charge in [-0.25, -0.2) is 0 Å². The monoisotopic (exact) mass is 295 g/mol. The van der Waals surface area contributed by atoms with Crippen molar-refractivity contribution in [2.45, 2.75) is 33.2 Å². The molecule has 2 rings (SSSR count). The van der Waals surface area contributed by atoms with Crippen LogP contribution >= 0.6 is 22.9 Å². The number of aromatic nitrogens is 2. The maximum atomic E-state index is 5.97. The first-order chi connectivity index (χ1) is 9.06. The standard InChI is InChI=1S/C14H18ClN3S/c1-9(2)16-7-6-13-17-18-14(19-13)12-5-4-11(15)8-10(12)3/h4-5,8-9,16H,6-7H2,1-3H3. The van der Waals surface area contributed by atoms with Crippen molar-refractivity contribution < 1.29 is 0 Å². The molecular formula is C14H18ClN3S. The largest absolute Gasteiger partial charge is 0.314 e. The molecule has 0 saturated heterocycles. The molecule has 3 nitrogen and oxygen atoms in total. The van der Waals surface area contributed by atoms with Crippen molar-refractivity contribution in [3.63, 3.8) is 0 Å². The minimum Gasteiger partial charge on any atom is -0.314 e. The van der Waals surface area contributed by atoms with Crippen LogP contribution < -0.4 is 5.32 Å². The van der Waals surface area contributed by atoms with Gasteiger partial charge in [0.1, 0.15) is 10.0 Å². The maximum Gasteiger partial charge on any atom is 0.148 e. The van der Waals surface area contributed by atoms with E-state index in [-0.39, 0.29) is 0 Å². The summed E-state index contributed by atoms with van der Waals surface area (Å²) in [5.74, 6) is 0. The molecule has 102 valence electrons. The third kappa shape index (κ3) is 4.00. The Labute approximate surface area is 123 Å². The van der Waals surface area contributed by atoms with Crippen LogP contribution in [0.2, 0.25) is 5.02 Å². The number of nitrogens with one attached hydrogen (secondary N) is 1. The summed E-state index contributed by atoms with van der Waals surface area (Å²) >= 11 is 7.62. The second-order valence-corrected chi connectivity index (χ2v) is 6.32. The van der Waals surface area contributed by atoms with E-state index in [1.165, 1.54) is 0 Å². The Morgan fingerprint density at radius 1 is 1.32 bits per heavy atom. The van der Waals surface area contributed by atoms with Crippen molar-refractivity contribution in [3.05, 3.63) is 33.8 Å². The van der Waals surface area contributed by atoms with E-state index in [9.17, 15) is 0 Å². The third-order valence-corrected chi connectivity index (χ3v) is 4.03. The summed E-state index contributed by atoms with van der Waals surface area (Å²) in [7, 11) is 0. The van der Waals surface area contributed by atoms with Crippen LogP contribution in [0.1, 0.15) is 24.4 Å². The summed E-state index contributed by atoms with van der Waals surface area (Å²) in [5, 5.41) is 14.7. The molecule has 1 N–H and O–H groups in total. The number of rotatable bonds is 5. The van der Waals surface area contributed by atoms with Gasteiger partial charge in [0.25, 0.3) is 0 Å². The smallest absolute Gasteiger partial charge is 0.148 e. The Bertz CT molecular complexity index is 551. The molecule has 0 aliphatic rings. The highest BCUT2D eigenvalue weighted by atomic mass is 35.5. The molecule has 5 heteroatoms. The first-order valence-corrected chi connectivity index (χ1v) is 7.58. The zero-order valence-electron chi connectivity index (χ0n) is 11.4. The van der Waals surface area contributed by atoms with E-state index in [0.717, 1.165) is 39.1 Å². The van der Waals surface area contributed by atoms with Crippen LogP contribution in [0.15, 0.2) is 18.2 Å². The number of halogens is 1. The van der Waals surface area contributed by atoms with Crippen LogP contribution in [-0.2, 0) is 6.42 Å². The fourth-order valence-corrected chi connectivity index (χ4v) is 2.95. The fraction of sp³-hybridized carbons (Fsp3) is 0.429. The van der Waals surface area contributed by atoms with Crippen LogP contribution in [0.4, 0.5) is 0 Å². The van der Waals surface area contributed by atoms with E-state index < -0.39 is 0 Å². The van der Waals surface area contributed by atoms with E-state index >= 15 is 0 Å². The van der Waals surface area contributed by atoms with Gasteiger partial charge in [0.05, 0.1) is 0 Å². The van der Waals surface area contributed by atoms with Crippen molar-refractivity contribution in [1.82, 2.24) is 15.5 Å². The van der Waals surface area contributed by atoms with Gasteiger partial charge in [-0.2, -0.15) is 0 Å². The van der Waals surface area contributed by atoms with E-state index in [1.807, 2.05) is 25.1 Å². The minimum absolute atomic E-state index is 0.505. The second kappa shape index (κ2) is 6.46. The summed E-state index contributed by atoms with van der Waals surface area (Å²) in [6.45, 7) is 7.26. The van der Waals surface area contributed by atoms with Crippen molar-refractivity contribution in [3.8, 4) is 10.6 Å². The van der Waals surface area contributed by atoms with Crippen LogP contribution in [0.25, 0.3) is 10.6 Å². The van der Waals surface area contributed by atoms with Crippen molar-refractivity contribution in [1.29, 1.82) is 0 Å². The Kier molecular flexibility index (Phi) is 4.91. The Hall–Kier alpha value is -0.970. The van der Waals surface area contributed by atoms with Gasteiger partial charge in [0.15, 0.2) is 0 Å². The number of hydrogen-bond acceptors (Lipinski definition) is 4. The average Bonchev–Trinajstić information content (AvgIpc) is 2.77.